The minimum atomic E-state index is -0.483. The molecular formula is C42H49N3O8. The summed E-state index contributed by atoms with van der Waals surface area (Å²) in [4.78, 5) is 43.5. The Labute approximate surface area is 309 Å². The lowest BCUT2D eigenvalue weighted by atomic mass is 9.83. The summed E-state index contributed by atoms with van der Waals surface area (Å²) in [7, 11) is 6.30. The molecule has 7 rings (SSSR count). The standard InChI is InChI=1S/C42H49N3O8/c1-24(46)44-33-16-13-26-19-36(50-3)41(51-4)42(52-5)38(26)30-20-31-32(22-37(48)43-23-27-9-8-18-45-17-7-6-10-34(27)45)39(25-11-14-28(49-2)15-12-25)53-40(31)35(47)21-29(30)33/h11-12,14-15,19-21,27,33-34H,6-10,13,16-18,22-23H2,1-5H3,(H,43,48)(H,44,46)/t27-,33-,34+/m0/s1. The minimum absolute atomic E-state index is 0.00125. The number of fused-ring (bicyclic) bond motifs is 5. The number of rotatable bonds is 10. The van der Waals surface area contributed by atoms with Gasteiger partial charge in [-0.3, -0.25) is 14.4 Å². The number of piperidine rings is 2. The first-order valence-corrected chi connectivity index (χ1v) is 18.6. The fourth-order valence-electron chi connectivity index (χ4n) is 8.81. The van der Waals surface area contributed by atoms with Crippen LogP contribution in [-0.2, 0) is 22.4 Å². The number of nitrogens with one attached hydrogen (secondary N) is 2. The maximum atomic E-state index is 14.3. The third-order valence-electron chi connectivity index (χ3n) is 11.3. The Morgan fingerprint density at radius 3 is 2.38 bits per heavy atom. The van der Waals surface area contributed by atoms with E-state index in [0.717, 1.165) is 37.1 Å². The molecule has 4 aromatic rings. The molecule has 2 N–H and O–H groups in total. The van der Waals surface area contributed by atoms with Crippen LogP contribution in [0.3, 0.4) is 0 Å². The number of methoxy groups -OCH3 is 4. The van der Waals surface area contributed by atoms with Gasteiger partial charge in [0.1, 0.15) is 11.5 Å². The number of amides is 2. The maximum absolute atomic E-state index is 14.3. The Morgan fingerprint density at radius 2 is 1.66 bits per heavy atom. The second-order valence-electron chi connectivity index (χ2n) is 14.4. The fourth-order valence-corrected chi connectivity index (χ4v) is 8.81. The van der Waals surface area contributed by atoms with Gasteiger partial charge in [-0.05, 0) is 117 Å². The van der Waals surface area contributed by atoms with Crippen molar-refractivity contribution in [1.82, 2.24) is 15.5 Å². The van der Waals surface area contributed by atoms with E-state index >= 15 is 0 Å². The van der Waals surface area contributed by atoms with E-state index < -0.39 is 6.04 Å². The first-order valence-electron chi connectivity index (χ1n) is 18.6. The highest BCUT2D eigenvalue weighted by molar-refractivity contribution is 5.96. The smallest absolute Gasteiger partial charge is 0.224 e. The van der Waals surface area contributed by atoms with Crippen molar-refractivity contribution in [2.24, 2.45) is 5.92 Å². The molecule has 2 fully saturated rings. The van der Waals surface area contributed by atoms with Crippen LogP contribution in [0, 0.1) is 5.92 Å². The summed E-state index contributed by atoms with van der Waals surface area (Å²) in [5.41, 5.74) is 4.00. The van der Waals surface area contributed by atoms with E-state index in [2.05, 4.69) is 15.5 Å². The fraction of sp³-hybridized carbons (Fsp3) is 0.452. The Bertz CT molecular complexity index is 2070. The van der Waals surface area contributed by atoms with Crippen molar-refractivity contribution >= 4 is 22.8 Å². The van der Waals surface area contributed by atoms with Gasteiger partial charge in [-0.1, -0.05) is 6.42 Å². The van der Waals surface area contributed by atoms with Gasteiger partial charge in [0.05, 0.1) is 40.9 Å². The van der Waals surface area contributed by atoms with Crippen LogP contribution in [0.4, 0.5) is 0 Å². The molecule has 0 radical (unpaired) electrons. The Balaban J connectivity index is 1.40. The molecule has 3 atom stereocenters. The second kappa shape index (κ2) is 15.5. The lowest BCUT2D eigenvalue weighted by Gasteiger charge is -2.44. The van der Waals surface area contributed by atoms with Gasteiger partial charge in [0.15, 0.2) is 17.1 Å². The predicted octanol–water partition coefficient (Wildman–Crippen LogP) is 6.21. The van der Waals surface area contributed by atoms with Crippen molar-refractivity contribution in [2.45, 2.75) is 70.4 Å². The molecule has 2 aliphatic heterocycles. The van der Waals surface area contributed by atoms with Crippen LogP contribution >= 0.6 is 0 Å². The van der Waals surface area contributed by atoms with E-state index in [4.69, 9.17) is 23.4 Å². The Hall–Kier alpha value is -5.03. The van der Waals surface area contributed by atoms with Crippen LogP contribution in [0.5, 0.6) is 23.0 Å². The van der Waals surface area contributed by atoms with Crippen LogP contribution in [0.2, 0.25) is 0 Å². The summed E-state index contributed by atoms with van der Waals surface area (Å²) in [6, 6.07) is 12.8. The zero-order chi connectivity index (χ0) is 37.2. The van der Waals surface area contributed by atoms with Crippen LogP contribution in [0.25, 0.3) is 33.4 Å². The number of nitrogens with zero attached hydrogens (tertiary/aromatic N) is 1. The van der Waals surface area contributed by atoms with Gasteiger partial charge in [0.2, 0.25) is 23.0 Å². The molecule has 11 heteroatoms. The van der Waals surface area contributed by atoms with Gasteiger partial charge in [-0.25, -0.2) is 0 Å². The molecule has 0 bridgehead atoms. The minimum Gasteiger partial charge on any atom is -0.497 e. The normalized spacial score (nSPS) is 19.6. The number of benzene rings is 2. The highest BCUT2D eigenvalue weighted by atomic mass is 16.5. The molecular weight excluding hydrogens is 674 g/mol. The summed E-state index contributed by atoms with van der Waals surface area (Å²) < 4.78 is 29.5. The highest BCUT2D eigenvalue weighted by Gasteiger charge is 2.34. The molecule has 1 aliphatic carbocycles. The van der Waals surface area contributed by atoms with Crippen LogP contribution < -0.4 is 35.0 Å². The van der Waals surface area contributed by atoms with E-state index in [1.165, 1.54) is 26.2 Å². The average molecular weight is 724 g/mol. The molecule has 3 aromatic carbocycles. The Kier molecular flexibility index (Phi) is 10.6. The predicted molar refractivity (Wildman–Crippen MR) is 203 cm³/mol. The van der Waals surface area contributed by atoms with Crippen LogP contribution in [-0.4, -0.2) is 70.8 Å². The zero-order valence-corrected chi connectivity index (χ0v) is 31.3. The number of aryl methyl sites for hydroxylation is 1. The highest BCUT2D eigenvalue weighted by Crippen LogP contribution is 2.51. The van der Waals surface area contributed by atoms with Gasteiger partial charge in [0, 0.05) is 41.6 Å². The Morgan fingerprint density at radius 1 is 0.887 bits per heavy atom. The van der Waals surface area contributed by atoms with Gasteiger partial charge in [0.25, 0.3) is 0 Å². The number of carbonyl (C=O) groups excluding carboxylic acids is 2. The molecule has 3 aliphatic rings. The van der Waals surface area contributed by atoms with Gasteiger partial charge < -0.3 is 38.9 Å². The van der Waals surface area contributed by atoms with Gasteiger partial charge in [-0.2, -0.15) is 0 Å². The SMILES string of the molecule is COc1ccc(-c2oc3c(=O)cc4c(cc3c2CC(=O)NC[C@@H]2CCCN3CCCC[C@H]23)-c2c(cc(OC)c(OC)c2OC)CC[C@@H]4NC(C)=O)cc1. The number of furan rings is 1. The lowest BCUT2D eigenvalue weighted by Crippen LogP contribution is -2.51. The van der Waals surface area contributed by atoms with Crippen molar-refractivity contribution in [3.8, 4) is 45.4 Å². The van der Waals surface area contributed by atoms with Crippen molar-refractivity contribution in [1.29, 1.82) is 0 Å². The number of hydrogen-bond donors (Lipinski definition) is 2. The average Bonchev–Trinajstić information content (AvgIpc) is 3.37. The molecule has 2 amide bonds. The number of ether oxygens (including phenoxy) is 4. The monoisotopic (exact) mass is 723 g/mol. The molecule has 53 heavy (non-hydrogen) atoms. The molecule has 0 unspecified atom stereocenters. The van der Waals surface area contributed by atoms with Crippen molar-refractivity contribution in [3.05, 3.63) is 69.4 Å². The van der Waals surface area contributed by atoms with Gasteiger partial charge >= 0.3 is 0 Å². The first kappa shape index (κ1) is 36.3. The summed E-state index contributed by atoms with van der Waals surface area (Å²) in [6.45, 7) is 4.34. The summed E-state index contributed by atoms with van der Waals surface area (Å²) in [5.74, 6) is 2.52. The van der Waals surface area contributed by atoms with E-state index in [0.29, 0.717) is 87.7 Å². The summed E-state index contributed by atoms with van der Waals surface area (Å²) >= 11 is 0. The lowest BCUT2D eigenvalue weighted by molar-refractivity contribution is -0.121. The third-order valence-corrected chi connectivity index (χ3v) is 11.3. The third kappa shape index (κ3) is 7.06. The zero-order valence-electron chi connectivity index (χ0n) is 31.3. The maximum Gasteiger partial charge on any atom is 0.224 e. The van der Waals surface area contributed by atoms with E-state index in [-0.39, 0.29) is 29.2 Å². The first-order chi connectivity index (χ1) is 25.7. The van der Waals surface area contributed by atoms with E-state index in [1.54, 1.807) is 34.5 Å². The van der Waals surface area contributed by atoms with Gasteiger partial charge in [-0.15, -0.1) is 0 Å². The molecule has 3 heterocycles. The van der Waals surface area contributed by atoms with E-state index in [1.807, 2.05) is 36.4 Å². The molecule has 0 saturated carbocycles. The molecule has 280 valence electrons. The second-order valence-corrected chi connectivity index (χ2v) is 14.4. The van der Waals surface area contributed by atoms with Crippen molar-refractivity contribution < 1.29 is 33.0 Å². The van der Waals surface area contributed by atoms with Crippen molar-refractivity contribution in [3.63, 3.8) is 0 Å². The molecule has 2 saturated heterocycles. The summed E-state index contributed by atoms with van der Waals surface area (Å²) in [5, 5.41) is 6.85. The topological polar surface area (TPSA) is 129 Å². The molecule has 1 aromatic heterocycles. The number of hydrogen-bond acceptors (Lipinski definition) is 9. The molecule has 0 spiro atoms. The molecule has 11 nitrogen and oxygen atoms in total. The van der Waals surface area contributed by atoms with E-state index in [9.17, 15) is 14.4 Å². The van der Waals surface area contributed by atoms with Crippen LogP contribution in [0.1, 0.15) is 68.2 Å². The quantitative estimate of drug-likeness (QED) is 0.196. The van der Waals surface area contributed by atoms with Crippen molar-refractivity contribution in [2.75, 3.05) is 48.1 Å². The summed E-state index contributed by atoms with van der Waals surface area (Å²) in [6.07, 6.45) is 6.95. The largest absolute Gasteiger partial charge is 0.497 e. The van der Waals surface area contributed by atoms with Crippen LogP contribution in [0.15, 0.2) is 51.7 Å². The number of carbonyl (C=O) groups is 2.